The molecule has 22 heavy (non-hydrogen) atoms. The first-order valence-corrected chi connectivity index (χ1v) is 7.60. The molecule has 2 heterocycles. The molecule has 5 heteroatoms. The van der Waals surface area contributed by atoms with Crippen molar-refractivity contribution in [2.45, 2.75) is 32.4 Å². The van der Waals surface area contributed by atoms with Crippen molar-refractivity contribution in [2.24, 2.45) is 0 Å². The van der Waals surface area contributed by atoms with Crippen molar-refractivity contribution in [1.82, 2.24) is 14.7 Å². The average Bonchev–Trinajstić information content (AvgIpc) is 3.16. The second-order valence-corrected chi connectivity index (χ2v) is 5.74. The fraction of sp³-hybridized carbons (Fsp3) is 0.412. The number of carbonyl (C=O) groups is 1. The predicted molar refractivity (Wildman–Crippen MR) is 83.6 cm³/mol. The lowest BCUT2D eigenvalue weighted by Crippen LogP contribution is -2.33. The van der Waals surface area contributed by atoms with E-state index in [-0.39, 0.29) is 11.9 Å². The van der Waals surface area contributed by atoms with Crippen LogP contribution in [0.5, 0.6) is 5.75 Å². The molecule has 1 atom stereocenters. The van der Waals surface area contributed by atoms with Crippen molar-refractivity contribution in [3.05, 3.63) is 47.8 Å². The molecule has 0 bridgehead atoms. The minimum atomic E-state index is 0.119. The van der Waals surface area contributed by atoms with Crippen LogP contribution < -0.4 is 4.74 Å². The van der Waals surface area contributed by atoms with Gasteiger partial charge in [-0.15, -0.1) is 0 Å². The van der Waals surface area contributed by atoms with Gasteiger partial charge >= 0.3 is 0 Å². The Bertz CT molecular complexity index is 665. The molecule has 0 aliphatic carbocycles. The first-order valence-electron chi connectivity index (χ1n) is 7.60. The van der Waals surface area contributed by atoms with E-state index in [0.29, 0.717) is 6.54 Å². The van der Waals surface area contributed by atoms with Crippen LogP contribution in [0.4, 0.5) is 0 Å². The SMILES string of the molecule is COc1cccc(C2CCCN2C(=O)Cn2cc(C)cn2)c1. The molecule has 1 aliphatic rings. The summed E-state index contributed by atoms with van der Waals surface area (Å²) in [4.78, 5) is 14.6. The van der Waals surface area contributed by atoms with Crippen molar-refractivity contribution in [3.63, 3.8) is 0 Å². The van der Waals surface area contributed by atoms with E-state index in [1.165, 1.54) is 0 Å². The summed E-state index contributed by atoms with van der Waals surface area (Å²) in [5.41, 5.74) is 2.21. The minimum absolute atomic E-state index is 0.119. The second kappa shape index (κ2) is 6.22. The summed E-state index contributed by atoms with van der Waals surface area (Å²) in [6.07, 6.45) is 5.70. The van der Waals surface area contributed by atoms with Crippen LogP contribution in [0.2, 0.25) is 0 Å². The van der Waals surface area contributed by atoms with Gasteiger partial charge < -0.3 is 9.64 Å². The van der Waals surface area contributed by atoms with Crippen molar-refractivity contribution < 1.29 is 9.53 Å². The third kappa shape index (κ3) is 2.98. The molecule has 1 unspecified atom stereocenters. The third-order valence-corrected chi connectivity index (χ3v) is 4.11. The lowest BCUT2D eigenvalue weighted by Gasteiger charge is -2.25. The molecular weight excluding hydrogens is 278 g/mol. The number of aromatic nitrogens is 2. The molecule has 1 amide bonds. The Hall–Kier alpha value is -2.30. The number of benzene rings is 1. The molecule has 1 saturated heterocycles. The second-order valence-electron chi connectivity index (χ2n) is 5.74. The Balaban J connectivity index is 1.75. The molecule has 2 aromatic rings. The van der Waals surface area contributed by atoms with E-state index in [1.807, 2.05) is 36.2 Å². The summed E-state index contributed by atoms with van der Waals surface area (Å²) in [7, 11) is 1.66. The molecule has 0 saturated carbocycles. The normalized spacial score (nSPS) is 17.7. The summed E-state index contributed by atoms with van der Waals surface area (Å²) >= 11 is 0. The summed E-state index contributed by atoms with van der Waals surface area (Å²) in [6, 6.07) is 8.13. The van der Waals surface area contributed by atoms with Crippen LogP contribution in [0.15, 0.2) is 36.7 Å². The van der Waals surface area contributed by atoms with Gasteiger partial charge in [0.25, 0.3) is 0 Å². The number of likely N-dealkylation sites (tertiary alicyclic amines) is 1. The first-order chi connectivity index (χ1) is 10.7. The van der Waals surface area contributed by atoms with Gasteiger partial charge in [-0.2, -0.15) is 5.10 Å². The maximum Gasteiger partial charge on any atom is 0.244 e. The standard InChI is InChI=1S/C17H21N3O2/c1-13-10-18-19(11-13)12-17(21)20-8-4-7-16(20)14-5-3-6-15(9-14)22-2/h3,5-6,9-11,16H,4,7-8,12H2,1-2H3. The third-order valence-electron chi connectivity index (χ3n) is 4.11. The molecule has 1 aliphatic heterocycles. The van der Waals surface area contributed by atoms with Gasteiger partial charge in [0.05, 0.1) is 19.3 Å². The molecule has 116 valence electrons. The predicted octanol–water partition coefficient (Wildman–Crippen LogP) is 2.56. The summed E-state index contributed by atoms with van der Waals surface area (Å²) in [6.45, 7) is 3.08. The summed E-state index contributed by atoms with van der Waals surface area (Å²) in [5, 5.41) is 4.20. The van der Waals surface area contributed by atoms with E-state index < -0.39 is 0 Å². The van der Waals surface area contributed by atoms with Crippen molar-refractivity contribution in [2.75, 3.05) is 13.7 Å². The molecular formula is C17H21N3O2. The molecule has 1 aromatic carbocycles. The smallest absolute Gasteiger partial charge is 0.244 e. The fourth-order valence-corrected chi connectivity index (χ4v) is 3.04. The van der Waals surface area contributed by atoms with Crippen LogP contribution in [0.3, 0.4) is 0 Å². The van der Waals surface area contributed by atoms with Crippen molar-refractivity contribution in [1.29, 1.82) is 0 Å². The quantitative estimate of drug-likeness (QED) is 0.871. The minimum Gasteiger partial charge on any atom is -0.497 e. The van der Waals surface area contributed by atoms with Crippen molar-refractivity contribution in [3.8, 4) is 5.75 Å². The van der Waals surface area contributed by atoms with Gasteiger partial charge in [0, 0.05) is 12.7 Å². The number of hydrogen-bond donors (Lipinski definition) is 0. The lowest BCUT2D eigenvalue weighted by atomic mass is 10.0. The Morgan fingerprint density at radius 2 is 2.32 bits per heavy atom. The van der Waals surface area contributed by atoms with Crippen LogP contribution >= 0.6 is 0 Å². The van der Waals surface area contributed by atoms with Crippen LogP contribution in [-0.4, -0.2) is 34.2 Å². The molecule has 0 spiro atoms. The number of rotatable bonds is 4. The van der Waals surface area contributed by atoms with Crippen molar-refractivity contribution >= 4 is 5.91 Å². The number of carbonyl (C=O) groups excluding carboxylic acids is 1. The number of aryl methyl sites for hydroxylation is 1. The van der Waals surface area contributed by atoms with Gasteiger partial charge in [-0.25, -0.2) is 0 Å². The van der Waals surface area contributed by atoms with Gasteiger partial charge in [0.1, 0.15) is 12.3 Å². The molecule has 1 aromatic heterocycles. The highest BCUT2D eigenvalue weighted by Crippen LogP contribution is 2.33. The van der Waals surface area contributed by atoms with Gasteiger partial charge in [-0.3, -0.25) is 9.48 Å². The Kier molecular flexibility index (Phi) is 4.13. The summed E-state index contributed by atoms with van der Waals surface area (Å²) < 4.78 is 7.00. The van der Waals surface area contributed by atoms with Gasteiger partial charge in [0.15, 0.2) is 0 Å². The Morgan fingerprint density at radius 1 is 1.45 bits per heavy atom. The largest absolute Gasteiger partial charge is 0.497 e. The molecule has 1 fully saturated rings. The molecule has 3 rings (SSSR count). The fourth-order valence-electron chi connectivity index (χ4n) is 3.04. The van der Waals surface area contributed by atoms with E-state index in [1.54, 1.807) is 18.0 Å². The van der Waals surface area contributed by atoms with Crippen LogP contribution in [0, 0.1) is 6.92 Å². The number of amides is 1. The first kappa shape index (κ1) is 14.6. The zero-order chi connectivity index (χ0) is 15.5. The van der Waals surface area contributed by atoms with E-state index in [2.05, 4.69) is 11.2 Å². The Morgan fingerprint density at radius 3 is 3.05 bits per heavy atom. The monoisotopic (exact) mass is 299 g/mol. The average molecular weight is 299 g/mol. The topological polar surface area (TPSA) is 47.4 Å². The number of ether oxygens (including phenoxy) is 1. The maximum atomic E-state index is 12.6. The zero-order valence-corrected chi connectivity index (χ0v) is 13.0. The van der Waals surface area contributed by atoms with Gasteiger partial charge in [0.2, 0.25) is 5.91 Å². The van der Waals surface area contributed by atoms with E-state index in [9.17, 15) is 4.79 Å². The highest BCUT2D eigenvalue weighted by atomic mass is 16.5. The van der Waals surface area contributed by atoms with E-state index in [4.69, 9.17) is 4.74 Å². The highest BCUT2D eigenvalue weighted by molar-refractivity contribution is 5.76. The van der Waals surface area contributed by atoms with Crippen LogP contribution in [-0.2, 0) is 11.3 Å². The number of nitrogens with zero attached hydrogens (tertiary/aromatic N) is 3. The van der Waals surface area contributed by atoms with Crippen LogP contribution in [0.25, 0.3) is 0 Å². The van der Waals surface area contributed by atoms with Crippen LogP contribution in [0.1, 0.15) is 30.0 Å². The lowest BCUT2D eigenvalue weighted by molar-refractivity contribution is -0.133. The highest BCUT2D eigenvalue weighted by Gasteiger charge is 2.30. The van der Waals surface area contributed by atoms with Gasteiger partial charge in [-0.05, 0) is 43.0 Å². The van der Waals surface area contributed by atoms with E-state index >= 15 is 0 Å². The maximum absolute atomic E-state index is 12.6. The Labute approximate surface area is 130 Å². The molecule has 0 N–H and O–H groups in total. The zero-order valence-electron chi connectivity index (χ0n) is 13.0. The number of hydrogen-bond acceptors (Lipinski definition) is 3. The summed E-state index contributed by atoms with van der Waals surface area (Å²) in [5.74, 6) is 0.952. The molecule has 5 nitrogen and oxygen atoms in total. The van der Waals surface area contributed by atoms with E-state index in [0.717, 1.165) is 36.3 Å². The molecule has 0 radical (unpaired) electrons. The number of methoxy groups -OCH3 is 1. The van der Waals surface area contributed by atoms with Gasteiger partial charge in [-0.1, -0.05) is 12.1 Å².